The molecular weight excluding hydrogens is 233 g/mol. The molecule has 0 bridgehead atoms. The van der Waals surface area contributed by atoms with Crippen LogP contribution in [-0.4, -0.2) is 23.7 Å². The van der Waals surface area contributed by atoms with Crippen molar-refractivity contribution in [2.24, 2.45) is 5.92 Å². The number of benzene rings is 1. The molecule has 2 rings (SSSR count). The summed E-state index contributed by atoms with van der Waals surface area (Å²) >= 11 is 0. The van der Waals surface area contributed by atoms with E-state index in [1.807, 2.05) is 0 Å². The van der Waals surface area contributed by atoms with E-state index >= 15 is 0 Å². The van der Waals surface area contributed by atoms with Gasteiger partial charge in [0.1, 0.15) is 5.82 Å². The van der Waals surface area contributed by atoms with Crippen molar-refractivity contribution in [3.8, 4) is 0 Å². The van der Waals surface area contributed by atoms with Crippen molar-refractivity contribution in [3.63, 3.8) is 0 Å². The Labute approximate surface area is 106 Å². The van der Waals surface area contributed by atoms with E-state index in [0.717, 1.165) is 19.3 Å². The van der Waals surface area contributed by atoms with Crippen molar-refractivity contribution in [1.29, 1.82) is 0 Å². The van der Waals surface area contributed by atoms with Gasteiger partial charge in [0, 0.05) is 12.5 Å². The molecule has 2 unspecified atom stereocenters. The predicted molar refractivity (Wildman–Crippen MR) is 66.5 cm³/mol. The SMILES string of the molecule is O=C(Cc1ccccc1F)NCC1CCCC1O. The van der Waals surface area contributed by atoms with Crippen molar-refractivity contribution >= 4 is 5.91 Å². The van der Waals surface area contributed by atoms with Gasteiger partial charge in [0.15, 0.2) is 0 Å². The first-order valence-electron chi connectivity index (χ1n) is 6.35. The van der Waals surface area contributed by atoms with Gasteiger partial charge in [-0.05, 0) is 24.5 Å². The largest absolute Gasteiger partial charge is 0.393 e. The average Bonchev–Trinajstić information content (AvgIpc) is 2.75. The highest BCUT2D eigenvalue weighted by molar-refractivity contribution is 5.78. The van der Waals surface area contributed by atoms with Crippen LogP contribution in [0.4, 0.5) is 4.39 Å². The Morgan fingerprint density at radius 2 is 2.17 bits per heavy atom. The lowest BCUT2D eigenvalue weighted by Crippen LogP contribution is -2.33. The maximum Gasteiger partial charge on any atom is 0.224 e. The van der Waals surface area contributed by atoms with Gasteiger partial charge in [-0.25, -0.2) is 4.39 Å². The summed E-state index contributed by atoms with van der Waals surface area (Å²) in [6.45, 7) is 0.481. The van der Waals surface area contributed by atoms with Crippen LogP contribution in [0.15, 0.2) is 24.3 Å². The van der Waals surface area contributed by atoms with E-state index in [4.69, 9.17) is 0 Å². The van der Waals surface area contributed by atoms with Gasteiger partial charge >= 0.3 is 0 Å². The smallest absolute Gasteiger partial charge is 0.224 e. The van der Waals surface area contributed by atoms with Crippen molar-refractivity contribution < 1.29 is 14.3 Å². The monoisotopic (exact) mass is 251 g/mol. The molecule has 4 heteroatoms. The first-order chi connectivity index (χ1) is 8.66. The summed E-state index contributed by atoms with van der Waals surface area (Å²) < 4.78 is 13.3. The Morgan fingerprint density at radius 1 is 1.39 bits per heavy atom. The molecule has 1 fully saturated rings. The number of carbonyl (C=O) groups is 1. The summed E-state index contributed by atoms with van der Waals surface area (Å²) in [7, 11) is 0. The second-order valence-electron chi connectivity index (χ2n) is 4.83. The molecule has 2 N–H and O–H groups in total. The van der Waals surface area contributed by atoms with Gasteiger partial charge in [0.25, 0.3) is 0 Å². The van der Waals surface area contributed by atoms with Gasteiger partial charge in [0.05, 0.1) is 12.5 Å². The minimum atomic E-state index is -0.353. The second kappa shape index (κ2) is 5.96. The number of aliphatic hydroxyl groups excluding tert-OH is 1. The summed E-state index contributed by atoms with van der Waals surface area (Å²) in [4.78, 5) is 11.7. The zero-order valence-electron chi connectivity index (χ0n) is 10.2. The molecule has 3 nitrogen and oxygen atoms in total. The Balaban J connectivity index is 1.80. The molecule has 98 valence electrons. The summed E-state index contributed by atoms with van der Waals surface area (Å²) in [5.41, 5.74) is 0.405. The van der Waals surface area contributed by atoms with Gasteiger partial charge in [-0.2, -0.15) is 0 Å². The van der Waals surface area contributed by atoms with Gasteiger partial charge in [0.2, 0.25) is 5.91 Å². The van der Waals surface area contributed by atoms with Crippen LogP contribution in [0.1, 0.15) is 24.8 Å². The topological polar surface area (TPSA) is 49.3 Å². The van der Waals surface area contributed by atoms with Crippen LogP contribution in [-0.2, 0) is 11.2 Å². The predicted octanol–water partition coefficient (Wildman–Crippen LogP) is 1.65. The van der Waals surface area contributed by atoms with E-state index in [1.54, 1.807) is 18.2 Å². The van der Waals surface area contributed by atoms with Crippen LogP contribution >= 0.6 is 0 Å². The first-order valence-corrected chi connectivity index (χ1v) is 6.35. The molecule has 0 heterocycles. The Hall–Kier alpha value is -1.42. The average molecular weight is 251 g/mol. The fourth-order valence-electron chi connectivity index (χ4n) is 2.38. The summed E-state index contributed by atoms with van der Waals surface area (Å²) in [6.07, 6.45) is 2.51. The zero-order valence-corrected chi connectivity index (χ0v) is 10.2. The lowest BCUT2D eigenvalue weighted by atomic mass is 10.1. The molecule has 1 aliphatic rings. The number of hydrogen-bond acceptors (Lipinski definition) is 2. The van der Waals surface area contributed by atoms with E-state index < -0.39 is 0 Å². The molecular formula is C14H18FNO2. The summed E-state index contributed by atoms with van der Waals surface area (Å²) in [6, 6.07) is 6.28. The van der Waals surface area contributed by atoms with Crippen LogP contribution in [0, 0.1) is 11.7 Å². The highest BCUT2D eigenvalue weighted by Gasteiger charge is 2.25. The molecule has 0 saturated heterocycles. The van der Waals surface area contributed by atoms with Crippen LogP contribution in [0.3, 0.4) is 0 Å². The van der Waals surface area contributed by atoms with E-state index in [9.17, 15) is 14.3 Å². The highest BCUT2D eigenvalue weighted by Crippen LogP contribution is 2.24. The van der Waals surface area contributed by atoms with E-state index in [-0.39, 0.29) is 30.2 Å². The second-order valence-corrected chi connectivity index (χ2v) is 4.83. The van der Waals surface area contributed by atoms with Gasteiger partial charge in [-0.3, -0.25) is 4.79 Å². The maximum absolute atomic E-state index is 13.3. The number of carbonyl (C=O) groups excluding carboxylic acids is 1. The molecule has 2 atom stereocenters. The molecule has 1 aromatic rings. The van der Waals surface area contributed by atoms with Crippen LogP contribution in [0.25, 0.3) is 0 Å². The molecule has 0 radical (unpaired) electrons. The number of nitrogens with one attached hydrogen (secondary N) is 1. The van der Waals surface area contributed by atoms with E-state index in [2.05, 4.69) is 5.32 Å². The third kappa shape index (κ3) is 3.29. The molecule has 18 heavy (non-hydrogen) atoms. The lowest BCUT2D eigenvalue weighted by molar-refractivity contribution is -0.120. The number of aliphatic hydroxyl groups is 1. The maximum atomic E-state index is 13.3. The highest BCUT2D eigenvalue weighted by atomic mass is 19.1. The molecule has 1 saturated carbocycles. The lowest BCUT2D eigenvalue weighted by Gasteiger charge is -2.15. The van der Waals surface area contributed by atoms with Gasteiger partial charge in [-0.1, -0.05) is 24.6 Å². The normalized spacial score (nSPS) is 23.0. The van der Waals surface area contributed by atoms with Crippen LogP contribution < -0.4 is 5.32 Å². The van der Waals surface area contributed by atoms with Gasteiger partial charge in [-0.15, -0.1) is 0 Å². The minimum absolute atomic E-state index is 0.0511. The van der Waals surface area contributed by atoms with Crippen molar-refractivity contribution in [3.05, 3.63) is 35.6 Å². The Bertz CT molecular complexity index is 422. The van der Waals surface area contributed by atoms with Crippen molar-refractivity contribution in [2.75, 3.05) is 6.54 Å². The van der Waals surface area contributed by atoms with E-state index in [0.29, 0.717) is 12.1 Å². The number of hydrogen-bond donors (Lipinski definition) is 2. The van der Waals surface area contributed by atoms with Crippen LogP contribution in [0.5, 0.6) is 0 Å². The molecule has 1 aliphatic carbocycles. The fraction of sp³-hybridized carbons (Fsp3) is 0.500. The Morgan fingerprint density at radius 3 is 2.83 bits per heavy atom. The fourth-order valence-corrected chi connectivity index (χ4v) is 2.38. The zero-order chi connectivity index (χ0) is 13.0. The quantitative estimate of drug-likeness (QED) is 0.854. The molecule has 0 spiro atoms. The number of rotatable bonds is 4. The van der Waals surface area contributed by atoms with Gasteiger partial charge < -0.3 is 10.4 Å². The molecule has 0 aromatic heterocycles. The van der Waals surface area contributed by atoms with Crippen LogP contribution in [0.2, 0.25) is 0 Å². The first kappa shape index (κ1) is 13.0. The third-order valence-corrected chi connectivity index (χ3v) is 3.49. The standard InChI is InChI=1S/C14H18FNO2/c15-12-6-2-1-4-10(12)8-14(18)16-9-11-5-3-7-13(11)17/h1-2,4,6,11,13,17H,3,5,7-9H2,(H,16,18). The van der Waals surface area contributed by atoms with E-state index in [1.165, 1.54) is 6.07 Å². The minimum Gasteiger partial charge on any atom is -0.393 e. The van der Waals surface area contributed by atoms with Crippen molar-refractivity contribution in [1.82, 2.24) is 5.32 Å². The number of halogens is 1. The summed E-state index contributed by atoms with van der Waals surface area (Å²) in [5.74, 6) is -0.401. The summed E-state index contributed by atoms with van der Waals surface area (Å²) in [5, 5.41) is 12.4. The molecule has 0 aliphatic heterocycles. The number of amides is 1. The third-order valence-electron chi connectivity index (χ3n) is 3.49. The Kier molecular flexibility index (Phi) is 4.31. The molecule has 1 aromatic carbocycles. The molecule has 1 amide bonds. The van der Waals surface area contributed by atoms with Crippen molar-refractivity contribution in [2.45, 2.75) is 31.8 Å².